The van der Waals surface area contributed by atoms with E-state index in [-0.39, 0.29) is 11.5 Å². The molecule has 0 atom stereocenters. The minimum absolute atomic E-state index is 0.106. The lowest BCUT2D eigenvalue weighted by atomic mass is 10.1. The van der Waals surface area contributed by atoms with Gasteiger partial charge in [-0.15, -0.1) is 0 Å². The second-order valence-corrected chi connectivity index (χ2v) is 5.23. The van der Waals surface area contributed by atoms with Crippen LogP contribution < -0.4 is 4.74 Å². The topological polar surface area (TPSA) is 55.0 Å². The van der Waals surface area contributed by atoms with Crippen molar-refractivity contribution in [3.05, 3.63) is 53.3 Å². The van der Waals surface area contributed by atoms with Crippen LogP contribution in [0.4, 0.5) is 26.3 Å². The van der Waals surface area contributed by atoms with Crippen LogP contribution in [0.3, 0.4) is 0 Å². The molecule has 3 rings (SSSR count). The van der Waals surface area contributed by atoms with Crippen molar-refractivity contribution >= 4 is 17.3 Å². The van der Waals surface area contributed by atoms with Gasteiger partial charge < -0.3 is 9.72 Å². The summed E-state index contributed by atoms with van der Waals surface area (Å²) in [6.07, 6.45) is -9.28. The molecule has 2 aromatic carbocycles. The summed E-state index contributed by atoms with van der Waals surface area (Å²) in [7, 11) is 0. The van der Waals surface area contributed by atoms with E-state index in [1.807, 2.05) is 0 Å². The van der Waals surface area contributed by atoms with E-state index in [9.17, 15) is 31.1 Å². The van der Waals surface area contributed by atoms with Gasteiger partial charge in [-0.1, -0.05) is 0 Å². The first-order valence-electron chi connectivity index (χ1n) is 6.99. The molecule has 0 radical (unpaired) electrons. The SMILES string of the molecule is O=Cc1ccc(Oc2cc(C(F)(F)F)c3[nH]c(C(F)(F)F)nc3c2)cc1. The number of alkyl halides is 6. The van der Waals surface area contributed by atoms with E-state index in [1.54, 1.807) is 4.98 Å². The number of imidazole rings is 1. The van der Waals surface area contributed by atoms with Crippen LogP contribution in [0.15, 0.2) is 36.4 Å². The quantitative estimate of drug-likeness (QED) is 0.506. The van der Waals surface area contributed by atoms with Gasteiger partial charge in [0.05, 0.1) is 16.6 Å². The molecule has 0 fully saturated rings. The van der Waals surface area contributed by atoms with E-state index in [1.165, 1.54) is 24.3 Å². The van der Waals surface area contributed by atoms with Gasteiger partial charge in [-0.05, 0) is 30.3 Å². The van der Waals surface area contributed by atoms with E-state index in [2.05, 4.69) is 4.98 Å². The highest BCUT2D eigenvalue weighted by molar-refractivity contribution is 5.81. The summed E-state index contributed by atoms with van der Waals surface area (Å²) >= 11 is 0. The van der Waals surface area contributed by atoms with Crippen LogP contribution in [0.1, 0.15) is 21.7 Å². The number of carbonyl (C=O) groups excluding carboxylic acids is 1. The Balaban J connectivity index is 2.09. The highest BCUT2D eigenvalue weighted by Gasteiger charge is 2.39. The number of halogens is 6. The number of aldehydes is 1. The van der Waals surface area contributed by atoms with Crippen molar-refractivity contribution in [3.8, 4) is 11.5 Å². The summed E-state index contributed by atoms with van der Waals surface area (Å²) in [5.41, 5.74) is -2.33. The maximum absolute atomic E-state index is 13.2. The van der Waals surface area contributed by atoms with Crippen LogP contribution in [-0.2, 0) is 12.4 Å². The van der Waals surface area contributed by atoms with E-state index in [0.717, 1.165) is 6.07 Å². The molecular formula is C16H8F6N2O2. The molecule has 0 aliphatic heterocycles. The smallest absolute Gasteiger partial charge is 0.449 e. The highest BCUT2D eigenvalue weighted by atomic mass is 19.4. The Morgan fingerprint density at radius 1 is 0.923 bits per heavy atom. The molecule has 0 saturated carbocycles. The second-order valence-electron chi connectivity index (χ2n) is 5.23. The average Bonchev–Trinajstić information content (AvgIpc) is 2.98. The predicted octanol–water partition coefficient (Wildman–Crippen LogP) is 5.21. The van der Waals surface area contributed by atoms with Crippen molar-refractivity contribution in [3.63, 3.8) is 0 Å². The fraction of sp³-hybridized carbons (Fsp3) is 0.125. The number of carbonyl (C=O) groups is 1. The number of nitrogens with one attached hydrogen (secondary N) is 1. The lowest BCUT2D eigenvalue weighted by molar-refractivity contribution is -0.144. The number of aromatic nitrogens is 2. The Morgan fingerprint density at radius 3 is 2.12 bits per heavy atom. The zero-order chi connectivity index (χ0) is 19.1. The molecule has 0 aliphatic rings. The number of H-pyrrole nitrogens is 1. The third kappa shape index (κ3) is 3.48. The maximum atomic E-state index is 13.2. The molecule has 1 N–H and O–H groups in total. The molecule has 136 valence electrons. The Bertz CT molecular complexity index is 958. The number of hydrogen-bond donors (Lipinski definition) is 1. The third-order valence-electron chi connectivity index (χ3n) is 3.39. The molecule has 0 aliphatic carbocycles. The molecular weight excluding hydrogens is 366 g/mol. The van der Waals surface area contributed by atoms with E-state index in [0.29, 0.717) is 17.9 Å². The maximum Gasteiger partial charge on any atom is 0.449 e. The molecule has 26 heavy (non-hydrogen) atoms. The lowest BCUT2D eigenvalue weighted by Crippen LogP contribution is -2.08. The van der Waals surface area contributed by atoms with Gasteiger partial charge >= 0.3 is 12.4 Å². The molecule has 10 heteroatoms. The number of nitrogens with zero attached hydrogens (tertiary/aromatic N) is 1. The normalized spacial score (nSPS) is 12.4. The second kappa shape index (κ2) is 6.04. The van der Waals surface area contributed by atoms with Crippen LogP contribution in [-0.4, -0.2) is 16.3 Å². The van der Waals surface area contributed by atoms with Crippen LogP contribution >= 0.6 is 0 Å². The number of hydrogen-bond acceptors (Lipinski definition) is 3. The van der Waals surface area contributed by atoms with Crippen molar-refractivity contribution in [1.29, 1.82) is 0 Å². The Labute approximate surface area is 141 Å². The molecule has 4 nitrogen and oxygen atoms in total. The van der Waals surface area contributed by atoms with Crippen molar-refractivity contribution < 1.29 is 35.9 Å². The minimum atomic E-state index is -4.92. The minimum Gasteiger partial charge on any atom is -0.457 e. The van der Waals surface area contributed by atoms with Gasteiger partial charge in [0.25, 0.3) is 0 Å². The first-order chi connectivity index (χ1) is 12.1. The first-order valence-corrected chi connectivity index (χ1v) is 6.99. The van der Waals surface area contributed by atoms with Crippen LogP contribution in [0.2, 0.25) is 0 Å². The molecule has 0 spiro atoms. The van der Waals surface area contributed by atoms with Crippen LogP contribution in [0.25, 0.3) is 11.0 Å². The summed E-state index contributed by atoms with van der Waals surface area (Å²) < 4.78 is 83.1. The van der Waals surface area contributed by atoms with Crippen molar-refractivity contribution in [1.82, 2.24) is 9.97 Å². The standard InChI is InChI=1S/C16H8F6N2O2/c17-15(18,19)11-5-10(26-9-3-1-8(7-25)2-4-9)6-12-13(11)24-14(23-12)16(20,21)22/h1-7H,(H,23,24). The monoisotopic (exact) mass is 374 g/mol. The zero-order valence-electron chi connectivity index (χ0n) is 12.6. The number of ether oxygens (including phenoxy) is 1. The van der Waals surface area contributed by atoms with Gasteiger partial charge in [0.1, 0.15) is 17.8 Å². The molecule has 0 amide bonds. The van der Waals surface area contributed by atoms with Crippen LogP contribution in [0.5, 0.6) is 11.5 Å². The third-order valence-corrected chi connectivity index (χ3v) is 3.39. The number of benzene rings is 2. The largest absolute Gasteiger partial charge is 0.457 e. The van der Waals surface area contributed by atoms with Crippen LogP contribution in [0, 0.1) is 0 Å². The van der Waals surface area contributed by atoms with Gasteiger partial charge in [0.2, 0.25) is 5.82 Å². The van der Waals surface area contributed by atoms with Gasteiger partial charge in [0.15, 0.2) is 0 Å². The van der Waals surface area contributed by atoms with Gasteiger partial charge in [0, 0.05) is 11.6 Å². The van der Waals surface area contributed by atoms with Crippen molar-refractivity contribution in [2.45, 2.75) is 12.4 Å². The first kappa shape index (κ1) is 17.8. The summed E-state index contributed by atoms with van der Waals surface area (Å²) in [6, 6.07) is 6.97. The molecule has 0 saturated heterocycles. The number of rotatable bonds is 3. The fourth-order valence-corrected chi connectivity index (χ4v) is 2.25. The fourth-order valence-electron chi connectivity index (χ4n) is 2.25. The molecule has 1 heterocycles. The highest BCUT2D eigenvalue weighted by Crippen LogP contribution is 2.39. The van der Waals surface area contributed by atoms with Gasteiger partial charge in [-0.25, -0.2) is 4.98 Å². The van der Waals surface area contributed by atoms with E-state index >= 15 is 0 Å². The van der Waals surface area contributed by atoms with E-state index in [4.69, 9.17) is 4.74 Å². The Hall–Kier alpha value is -3.04. The molecule has 3 aromatic rings. The summed E-state index contributed by atoms with van der Waals surface area (Å²) in [4.78, 5) is 15.4. The predicted molar refractivity (Wildman–Crippen MR) is 78.0 cm³/mol. The number of fused-ring (bicyclic) bond motifs is 1. The number of aromatic amines is 1. The van der Waals surface area contributed by atoms with Crippen molar-refractivity contribution in [2.24, 2.45) is 0 Å². The Morgan fingerprint density at radius 2 is 1.58 bits per heavy atom. The van der Waals surface area contributed by atoms with E-state index < -0.39 is 34.8 Å². The average molecular weight is 374 g/mol. The zero-order valence-corrected chi connectivity index (χ0v) is 12.6. The Kier molecular flexibility index (Phi) is 4.13. The van der Waals surface area contributed by atoms with Crippen molar-refractivity contribution in [2.75, 3.05) is 0 Å². The molecule has 0 unspecified atom stereocenters. The summed E-state index contributed by atoms with van der Waals surface area (Å²) in [6.45, 7) is 0. The molecule has 0 bridgehead atoms. The summed E-state index contributed by atoms with van der Waals surface area (Å²) in [5, 5.41) is 0. The van der Waals surface area contributed by atoms with Gasteiger partial charge in [-0.3, -0.25) is 4.79 Å². The molecule has 1 aromatic heterocycles. The summed E-state index contributed by atoms with van der Waals surface area (Å²) in [5.74, 6) is -1.77. The lowest BCUT2D eigenvalue weighted by Gasteiger charge is -2.11. The van der Waals surface area contributed by atoms with Gasteiger partial charge in [-0.2, -0.15) is 26.3 Å².